The molecule has 1 aromatic rings. The summed E-state index contributed by atoms with van der Waals surface area (Å²) in [5.41, 5.74) is 0.194. The Morgan fingerprint density at radius 3 is 2.47 bits per heavy atom. The van der Waals surface area contributed by atoms with Gasteiger partial charge in [0.15, 0.2) is 0 Å². The maximum absolute atomic E-state index is 12.3. The fourth-order valence-corrected chi connectivity index (χ4v) is 2.08. The minimum Gasteiger partial charge on any atom is -0.480 e. The number of carboxylic acids is 1. The van der Waals surface area contributed by atoms with Crippen molar-refractivity contribution in [2.75, 3.05) is 7.05 Å². The summed E-state index contributed by atoms with van der Waals surface area (Å²) in [6.07, 6.45) is 1.74. The third-order valence-electron chi connectivity index (χ3n) is 2.86. The van der Waals surface area contributed by atoms with E-state index in [0.29, 0.717) is 6.42 Å². The van der Waals surface area contributed by atoms with Crippen LogP contribution in [0.15, 0.2) is 6.20 Å². The molecule has 0 saturated carbocycles. The molecule has 7 heteroatoms. The lowest BCUT2D eigenvalue weighted by Crippen LogP contribution is -2.43. The number of halogens is 1. The number of hydrogen-bond donors (Lipinski definition) is 1. The second-order valence-corrected chi connectivity index (χ2v) is 5.27. The Balaban J connectivity index is 3.00. The average molecular weight is 288 g/mol. The van der Waals surface area contributed by atoms with Gasteiger partial charge in [0.1, 0.15) is 11.7 Å². The lowest BCUT2D eigenvalue weighted by Gasteiger charge is -2.26. The molecule has 1 heterocycles. The zero-order chi connectivity index (χ0) is 14.7. The Kier molecular flexibility index (Phi) is 4.94. The molecule has 0 aliphatic carbocycles. The van der Waals surface area contributed by atoms with Gasteiger partial charge >= 0.3 is 5.97 Å². The molecule has 0 spiro atoms. The summed E-state index contributed by atoms with van der Waals surface area (Å²) in [4.78, 5) is 24.8. The van der Waals surface area contributed by atoms with Crippen molar-refractivity contribution in [2.24, 2.45) is 13.0 Å². The number of hydrogen-bond acceptors (Lipinski definition) is 3. The minimum atomic E-state index is -1.03. The van der Waals surface area contributed by atoms with Crippen molar-refractivity contribution < 1.29 is 14.7 Å². The van der Waals surface area contributed by atoms with E-state index in [0.717, 1.165) is 0 Å². The van der Waals surface area contributed by atoms with E-state index in [1.165, 1.54) is 22.8 Å². The van der Waals surface area contributed by atoms with Crippen LogP contribution in [-0.4, -0.2) is 44.8 Å². The summed E-state index contributed by atoms with van der Waals surface area (Å²) < 4.78 is 1.34. The van der Waals surface area contributed by atoms with E-state index in [2.05, 4.69) is 5.10 Å². The first-order chi connectivity index (χ1) is 8.75. The van der Waals surface area contributed by atoms with Crippen LogP contribution in [0.3, 0.4) is 0 Å². The molecular weight excluding hydrogens is 270 g/mol. The van der Waals surface area contributed by atoms with Crippen molar-refractivity contribution in [3.63, 3.8) is 0 Å². The number of aryl methyl sites for hydroxylation is 1. The third kappa shape index (κ3) is 3.47. The molecule has 1 N–H and O–H groups in total. The van der Waals surface area contributed by atoms with Crippen LogP contribution in [0.1, 0.15) is 30.8 Å². The van der Waals surface area contributed by atoms with E-state index in [-0.39, 0.29) is 16.6 Å². The topological polar surface area (TPSA) is 75.4 Å². The molecular formula is C12H18ClN3O3. The van der Waals surface area contributed by atoms with Crippen LogP contribution >= 0.6 is 11.6 Å². The number of rotatable bonds is 5. The lowest BCUT2D eigenvalue weighted by molar-refractivity contribution is -0.142. The van der Waals surface area contributed by atoms with Crippen LogP contribution in [0, 0.1) is 5.92 Å². The highest BCUT2D eigenvalue weighted by atomic mass is 35.5. The van der Waals surface area contributed by atoms with Gasteiger partial charge in [0.05, 0.1) is 11.2 Å². The molecule has 1 atom stereocenters. The average Bonchev–Trinajstić information content (AvgIpc) is 2.63. The normalized spacial score (nSPS) is 12.5. The van der Waals surface area contributed by atoms with Crippen molar-refractivity contribution in [1.82, 2.24) is 14.7 Å². The van der Waals surface area contributed by atoms with Crippen LogP contribution in [0.25, 0.3) is 0 Å². The number of amides is 1. The zero-order valence-electron chi connectivity index (χ0n) is 11.4. The monoisotopic (exact) mass is 287 g/mol. The Hall–Kier alpha value is -1.56. The zero-order valence-corrected chi connectivity index (χ0v) is 12.2. The summed E-state index contributed by atoms with van der Waals surface area (Å²) in [5.74, 6) is -1.31. The third-order valence-corrected chi connectivity index (χ3v) is 3.14. The van der Waals surface area contributed by atoms with Gasteiger partial charge in [-0.05, 0) is 12.3 Å². The fourth-order valence-electron chi connectivity index (χ4n) is 1.83. The number of aromatic nitrogens is 2. The van der Waals surface area contributed by atoms with E-state index < -0.39 is 17.9 Å². The standard InChI is InChI=1S/C12H18ClN3O3/c1-7(2)5-9(12(18)19)15(3)11(17)10-8(13)6-14-16(10)4/h6-7,9H,5H2,1-4H3,(H,18,19)/t9-/m0/s1. The molecule has 1 rings (SSSR count). The van der Waals surface area contributed by atoms with Crippen LogP contribution in [-0.2, 0) is 11.8 Å². The van der Waals surface area contributed by atoms with Crippen molar-refractivity contribution in [1.29, 1.82) is 0 Å². The van der Waals surface area contributed by atoms with Gasteiger partial charge in [-0.1, -0.05) is 25.4 Å². The number of carbonyl (C=O) groups excluding carboxylic acids is 1. The number of likely N-dealkylation sites (N-methyl/N-ethyl adjacent to an activating group) is 1. The van der Waals surface area contributed by atoms with Crippen molar-refractivity contribution in [2.45, 2.75) is 26.3 Å². The molecule has 0 aliphatic rings. The van der Waals surface area contributed by atoms with Gasteiger partial charge < -0.3 is 10.0 Å². The lowest BCUT2D eigenvalue weighted by atomic mass is 10.0. The van der Waals surface area contributed by atoms with Gasteiger partial charge in [0.25, 0.3) is 5.91 Å². The molecule has 106 valence electrons. The summed E-state index contributed by atoms with van der Waals surface area (Å²) in [6, 6.07) is -0.876. The quantitative estimate of drug-likeness (QED) is 0.893. The summed E-state index contributed by atoms with van der Waals surface area (Å²) >= 11 is 5.90. The Bertz CT molecular complexity index is 465. The number of nitrogens with zero attached hydrogens (tertiary/aromatic N) is 3. The molecule has 1 amide bonds. The van der Waals surface area contributed by atoms with Gasteiger partial charge in [-0.3, -0.25) is 9.48 Å². The Labute approximate surface area is 117 Å². The number of carbonyl (C=O) groups is 2. The van der Waals surface area contributed by atoms with Gasteiger partial charge in [0, 0.05) is 14.1 Å². The molecule has 0 saturated heterocycles. The second kappa shape index (κ2) is 6.06. The van der Waals surface area contributed by atoms with Gasteiger partial charge in [-0.15, -0.1) is 0 Å². The Morgan fingerprint density at radius 1 is 1.53 bits per heavy atom. The minimum absolute atomic E-state index is 0.165. The first kappa shape index (κ1) is 15.5. The summed E-state index contributed by atoms with van der Waals surface area (Å²) in [5, 5.41) is 13.3. The van der Waals surface area contributed by atoms with Crippen LogP contribution < -0.4 is 0 Å². The van der Waals surface area contributed by atoms with Crippen molar-refractivity contribution >= 4 is 23.5 Å². The SMILES string of the molecule is CC(C)C[C@@H](C(=O)O)N(C)C(=O)c1c(Cl)cnn1C. The molecule has 0 aliphatic heterocycles. The maximum atomic E-state index is 12.3. The van der Waals surface area contributed by atoms with Crippen LogP contribution in [0.5, 0.6) is 0 Å². The predicted molar refractivity (Wildman–Crippen MR) is 71.2 cm³/mol. The fraction of sp³-hybridized carbons (Fsp3) is 0.583. The maximum Gasteiger partial charge on any atom is 0.326 e. The van der Waals surface area contributed by atoms with E-state index in [9.17, 15) is 14.7 Å². The molecule has 19 heavy (non-hydrogen) atoms. The highest BCUT2D eigenvalue weighted by molar-refractivity contribution is 6.33. The van der Waals surface area contributed by atoms with E-state index in [1.807, 2.05) is 13.8 Å². The van der Waals surface area contributed by atoms with Gasteiger partial charge in [-0.2, -0.15) is 5.10 Å². The van der Waals surface area contributed by atoms with E-state index in [1.54, 1.807) is 7.05 Å². The van der Waals surface area contributed by atoms with E-state index in [4.69, 9.17) is 11.6 Å². The molecule has 1 aromatic heterocycles. The molecule has 0 bridgehead atoms. The summed E-state index contributed by atoms with van der Waals surface area (Å²) in [7, 11) is 3.05. The summed E-state index contributed by atoms with van der Waals surface area (Å²) in [6.45, 7) is 3.82. The van der Waals surface area contributed by atoms with Crippen molar-refractivity contribution in [3.05, 3.63) is 16.9 Å². The highest BCUT2D eigenvalue weighted by Gasteiger charge is 2.30. The molecule has 0 fully saturated rings. The molecule has 6 nitrogen and oxygen atoms in total. The van der Waals surface area contributed by atoms with Gasteiger partial charge in [0.2, 0.25) is 0 Å². The largest absolute Gasteiger partial charge is 0.480 e. The van der Waals surface area contributed by atoms with Crippen LogP contribution in [0.2, 0.25) is 5.02 Å². The second-order valence-electron chi connectivity index (χ2n) is 4.86. The molecule has 0 radical (unpaired) electrons. The molecule has 0 aromatic carbocycles. The van der Waals surface area contributed by atoms with Crippen molar-refractivity contribution in [3.8, 4) is 0 Å². The molecule has 0 unspecified atom stereocenters. The number of aliphatic carboxylic acids is 1. The smallest absolute Gasteiger partial charge is 0.326 e. The highest BCUT2D eigenvalue weighted by Crippen LogP contribution is 2.19. The van der Waals surface area contributed by atoms with E-state index >= 15 is 0 Å². The predicted octanol–water partition coefficient (Wildman–Crippen LogP) is 1.64. The number of carboxylic acid groups (broad SMARTS) is 1. The first-order valence-corrected chi connectivity index (χ1v) is 6.31. The van der Waals surface area contributed by atoms with Gasteiger partial charge in [-0.25, -0.2) is 4.79 Å². The van der Waals surface area contributed by atoms with Crippen LogP contribution in [0.4, 0.5) is 0 Å². The first-order valence-electron chi connectivity index (χ1n) is 5.93. The Morgan fingerprint density at radius 2 is 2.11 bits per heavy atom.